The summed E-state index contributed by atoms with van der Waals surface area (Å²) in [7, 11) is 0. The Morgan fingerprint density at radius 2 is 0.556 bits per heavy atom. The highest BCUT2D eigenvalue weighted by molar-refractivity contribution is 6.26. The van der Waals surface area contributed by atoms with Crippen LogP contribution in [0, 0.1) is 0 Å². The Bertz CT molecular complexity index is 2800. The molecule has 0 radical (unpaired) electrons. The molecule has 0 saturated carbocycles. The van der Waals surface area contributed by atoms with Crippen LogP contribution in [0.1, 0.15) is 0 Å². The summed E-state index contributed by atoms with van der Waals surface area (Å²) < 4.78 is 0. The van der Waals surface area contributed by atoms with Gasteiger partial charge in [0.05, 0.1) is 11.4 Å². The van der Waals surface area contributed by atoms with Crippen molar-refractivity contribution in [1.82, 2.24) is 19.9 Å². The maximum Gasteiger partial charge on any atom is 0.0702 e. The third-order valence-corrected chi connectivity index (χ3v) is 10.4. The zero-order valence-corrected chi connectivity index (χ0v) is 29.3. The van der Waals surface area contributed by atoms with Crippen molar-refractivity contribution in [3.05, 3.63) is 195 Å². The maximum atomic E-state index is 4.94. The number of rotatable bonds is 4. The fraction of sp³-hybridized carbons (Fsp3) is 0. The predicted molar refractivity (Wildman–Crippen MR) is 225 cm³/mol. The SMILES string of the molecule is c1ccc2c(c1)c1ccccc1c1cc(-c3ccc(-c4ccncc4)cn3)ccc1c1ccccc1c1ccc(-c3ccc(-c4ccncc4)cn3)cc21. The monoisotopic (exact) mass is 688 g/mol. The second kappa shape index (κ2) is 13.4. The van der Waals surface area contributed by atoms with Crippen molar-refractivity contribution in [2.24, 2.45) is 0 Å². The molecule has 4 aromatic heterocycles. The van der Waals surface area contributed by atoms with Crippen LogP contribution in [-0.2, 0) is 0 Å². The Morgan fingerprint density at radius 1 is 0.241 bits per heavy atom. The molecule has 4 heteroatoms. The number of benzene rings is 5. The van der Waals surface area contributed by atoms with E-state index in [1.807, 2.05) is 61.4 Å². The molecular weight excluding hydrogens is 657 g/mol. The van der Waals surface area contributed by atoms with Gasteiger partial charge in [-0.15, -0.1) is 0 Å². The Kier molecular flexibility index (Phi) is 7.77. The molecule has 0 amide bonds. The number of nitrogens with zero attached hydrogens (tertiary/aromatic N) is 4. The van der Waals surface area contributed by atoms with Gasteiger partial charge in [-0.25, -0.2) is 0 Å². The second-order valence-corrected chi connectivity index (χ2v) is 13.5. The number of pyridine rings is 4. The Hall–Kier alpha value is -7.30. The average Bonchev–Trinajstić information content (AvgIpc) is 3.26. The van der Waals surface area contributed by atoms with E-state index in [1.54, 1.807) is 0 Å². The van der Waals surface area contributed by atoms with Crippen molar-refractivity contribution < 1.29 is 0 Å². The summed E-state index contributed by atoms with van der Waals surface area (Å²) in [5.41, 5.74) is 8.33. The number of fused-ring (bicyclic) bond motifs is 10. The minimum atomic E-state index is 0.930. The van der Waals surface area contributed by atoms with Crippen molar-refractivity contribution >= 4 is 53.9 Å². The first-order chi connectivity index (χ1) is 26.8. The molecule has 54 heavy (non-hydrogen) atoms. The van der Waals surface area contributed by atoms with Crippen molar-refractivity contribution in [2.75, 3.05) is 0 Å². The van der Waals surface area contributed by atoms with Crippen LogP contribution in [0.3, 0.4) is 0 Å². The zero-order valence-electron chi connectivity index (χ0n) is 29.3. The van der Waals surface area contributed by atoms with Crippen LogP contribution in [0.15, 0.2) is 195 Å². The molecule has 0 unspecified atom stereocenters. The Morgan fingerprint density at radius 3 is 0.889 bits per heavy atom. The van der Waals surface area contributed by atoms with Crippen molar-refractivity contribution in [3.63, 3.8) is 0 Å². The summed E-state index contributed by atoms with van der Waals surface area (Å²) in [6.45, 7) is 0. The van der Waals surface area contributed by atoms with E-state index in [4.69, 9.17) is 9.97 Å². The summed E-state index contributed by atoms with van der Waals surface area (Å²) in [6, 6.07) is 56.5. The van der Waals surface area contributed by atoms with E-state index >= 15 is 0 Å². The highest BCUT2D eigenvalue weighted by Gasteiger charge is 2.12. The normalized spacial score (nSPS) is 11.3. The Labute approximate surface area is 312 Å². The molecule has 0 aliphatic heterocycles. The molecule has 0 fully saturated rings. The lowest BCUT2D eigenvalue weighted by Gasteiger charge is -2.12. The molecule has 0 N–H and O–H groups in total. The summed E-state index contributed by atoms with van der Waals surface area (Å²) in [4.78, 5) is 18.2. The first-order valence-corrected chi connectivity index (χ1v) is 18.1. The summed E-state index contributed by atoms with van der Waals surface area (Å²) >= 11 is 0. The van der Waals surface area contributed by atoms with Crippen molar-refractivity contribution in [2.45, 2.75) is 0 Å². The van der Waals surface area contributed by atoms with Crippen LogP contribution in [0.4, 0.5) is 0 Å². The number of hydrogen-bond acceptors (Lipinski definition) is 4. The van der Waals surface area contributed by atoms with Gasteiger partial charge in [0.25, 0.3) is 0 Å². The van der Waals surface area contributed by atoms with E-state index in [2.05, 4.69) is 143 Å². The molecule has 10 aromatic rings. The third kappa shape index (κ3) is 5.58. The zero-order chi connectivity index (χ0) is 35.8. The Balaban J connectivity index is 1.25. The van der Waals surface area contributed by atoms with E-state index < -0.39 is 0 Å². The molecule has 0 spiro atoms. The standard InChI is InChI=1S/C50H32N4/c1-2-10-42-41(9-1)45-17-13-35(49-19-15-37(31-53-49)33-21-25-51-26-22-33)29-47(45)43-11-5-3-7-39(43)40-8-4-6-12-44(40)48-30-36(14-18-46(42)48)50-20-16-38(32-54-50)34-23-27-52-28-24-34/h1-32H. The lowest BCUT2D eigenvalue weighted by molar-refractivity contribution is 1.30. The van der Waals surface area contributed by atoms with Crippen molar-refractivity contribution in [3.8, 4) is 44.8 Å². The third-order valence-electron chi connectivity index (χ3n) is 10.4. The maximum absolute atomic E-state index is 4.94. The van der Waals surface area contributed by atoms with Gasteiger partial charge in [0.1, 0.15) is 0 Å². The molecule has 0 saturated heterocycles. The minimum absolute atomic E-state index is 0.930. The second-order valence-electron chi connectivity index (χ2n) is 13.5. The van der Waals surface area contributed by atoms with E-state index in [0.29, 0.717) is 0 Å². The largest absolute Gasteiger partial charge is 0.265 e. The van der Waals surface area contributed by atoms with Crippen LogP contribution < -0.4 is 0 Å². The smallest absolute Gasteiger partial charge is 0.0702 e. The molecule has 0 aliphatic rings. The van der Waals surface area contributed by atoms with Gasteiger partial charge < -0.3 is 0 Å². The molecule has 0 aliphatic carbocycles. The van der Waals surface area contributed by atoms with Gasteiger partial charge in [0, 0.05) is 59.4 Å². The van der Waals surface area contributed by atoms with E-state index in [9.17, 15) is 0 Å². The van der Waals surface area contributed by atoms with Gasteiger partial charge in [0.2, 0.25) is 0 Å². The van der Waals surface area contributed by atoms with Gasteiger partial charge in [-0.1, -0.05) is 109 Å². The molecular formula is C50H32N4. The van der Waals surface area contributed by atoms with E-state index in [0.717, 1.165) is 44.8 Å². The van der Waals surface area contributed by atoms with Gasteiger partial charge in [-0.05, 0) is 114 Å². The molecule has 4 nitrogen and oxygen atoms in total. The summed E-state index contributed by atoms with van der Waals surface area (Å²) in [5, 5.41) is 11.8. The van der Waals surface area contributed by atoms with Crippen LogP contribution in [-0.4, -0.2) is 19.9 Å². The molecule has 252 valence electrons. The number of aromatic nitrogens is 4. The minimum Gasteiger partial charge on any atom is -0.265 e. The topological polar surface area (TPSA) is 51.6 Å². The molecule has 4 heterocycles. The highest BCUT2D eigenvalue weighted by Crippen LogP contribution is 2.38. The first-order valence-electron chi connectivity index (χ1n) is 18.1. The quantitative estimate of drug-likeness (QED) is 0.185. The van der Waals surface area contributed by atoms with Crippen LogP contribution >= 0.6 is 0 Å². The van der Waals surface area contributed by atoms with Gasteiger partial charge >= 0.3 is 0 Å². The first kappa shape index (κ1) is 31.4. The molecule has 10 rings (SSSR count). The van der Waals surface area contributed by atoms with Gasteiger partial charge in [-0.3, -0.25) is 19.9 Å². The van der Waals surface area contributed by atoms with E-state index in [1.165, 1.54) is 53.9 Å². The fourth-order valence-electron chi connectivity index (χ4n) is 7.74. The van der Waals surface area contributed by atoms with Crippen LogP contribution in [0.25, 0.3) is 98.6 Å². The van der Waals surface area contributed by atoms with E-state index in [-0.39, 0.29) is 0 Å². The summed E-state index contributed by atoms with van der Waals surface area (Å²) in [6.07, 6.45) is 11.2. The summed E-state index contributed by atoms with van der Waals surface area (Å²) in [5.74, 6) is 0. The van der Waals surface area contributed by atoms with Gasteiger partial charge in [-0.2, -0.15) is 0 Å². The average molecular weight is 689 g/mol. The highest BCUT2D eigenvalue weighted by atomic mass is 14.7. The van der Waals surface area contributed by atoms with Crippen molar-refractivity contribution in [1.29, 1.82) is 0 Å². The predicted octanol–water partition coefficient (Wildman–Crippen LogP) is 12.8. The lowest BCUT2D eigenvalue weighted by Crippen LogP contribution is -1.88. The van der Waals surface area contributed by atoms with Crippen LogP contribution in [0.5, 0.6) is 0 Å². The molecule has 6 aromatic carbocycles. The molecule has 0 bridgehead atoms. The van der Waals surface area contributed by atoms with Crippen LogP contribution in [0.2, 0.25) is 0 Å². The number of hydrogen-bond donors (Lipinski definition) is 0. The van der Waals surface area contributed by atoms with Gasteiger partial charge in [0.15, 0.2) is 0 Å². The lowest BCUT2D eigenvalue weighted by atomic mass is 9.92. The molecule has 0 atom stereocenters. The fourth-order valence-corrected chi connectivity index (χ4v) is 7.74.